The van der Waals surface area contributed by atoms with Gasteiger partial charge < -0.3 is 10.6 Å². The molecule has 0 saturated carbocycles. The molecule has 8 heteroatoms. The van der Waals surface area contributed by atoms with Crippen molar-refractivity contribution in [2.24, 2.45) is 5.92 Å². The molecule has 1 aliphatic heterocycles. The predicted octanol–water partition coefficient (Wildman–Crippen LogP) is 1.97. The molecule has 25 heavy (non-hydrogen) atoms. The molecular weight excluding hydrogens is 362 g/mol. The Bertz CT molecular complexity index is 644. The van der Waals surface area contributed by atoms with Crippen molar-refractivity contribution in [2.75, 3.05) is 20.1 Å². The molecule has 1 heterocycles. The van der Waals surface area contributed by atoms with Crippen LogP contribution in [0.3, 0.4) is 0 Å². The third-order valence-corrected chi connectivity index (χ3v) is 6.01. The number of hydrogen-bond acceptors (Lipinski definition) is 4. The van der Waals surface area contributed by atoms with Crippen LogP contribution in [0.1, 0.15) is 44.2 Å². The Morgan fingerprint density at radius 3 is 2.40 bits per heavy atom. The van der Waals surface area contributed by atoms with Crippen LogP contribution in [0.4, 0.5) is 0 Å². The lowest BCUT2D eigenvalue weighted by molar-refractivity contribution is -0.122. The van der Waals surface area contributed by atoms with E-state index in [0.29, 0.717) is 12.3 Å². The summed E-state index contributed by atoms with van der Waals surface area (Å²) in [6.07, 6.45) is 3.76. The molecule has 1 fully saturated rings. The molecule has 3 N–H and O–H groups in total. The van der Waals surface area contributed by atoms with Crippen LogP contribution in [-0.2, 0) is 14.8 Å². The molecule has 1 saturated heterocycles. The zero-order valence-electron chi connectivity index (χ0n) is 14.7. The summed E-state index contributed by atoms with van der Waals surface area (Å²) in [5.74, 6) is 0.686. The molecule has 1 unspecified atom stereocenters. The van der Waals surface area contributed by atoms with Crippen LogP contribution < -0.4 is 15.4 Å². The SMILES string of the molecule is CNS(=O)(=O)c1ccc(C(C)NC(=O)CCC2CCNCC2)cc1.Cl. The van der Waals surface area contributed by atoms with Gasteiger partial charge in [0.2, 0.25) is 15.9 Å². The Hall–Kier alpha value is -1.15. The van der Waals surface area contributed by atoms with E-state index in [-0.39, 0.29) is 29.3 Å². The Balaban J connectivity index is 0.00000312. The third kappa shape index (κ3) is 6.58. The molecule has 0 bridgehead atoms. The summed E-state index contributed by atoms with van der Waals surface area (Å²) in [6.45, 7) is 4.00. The molecule has 2 rings (SSSR count). The number of sulfonamides is 1. The van der Waals surface area contributed by atoms with E-state index in [1.807, 2.05) is 6.92 Å². The van der Waals surface area contributed by atoms with Gasteiger partial charge in [-0.05, 0) is 69.9 Å². The monoisotopic (exact) mass is 389 g/mol. The maximum Gasteiger partial charge on any atom is 0.240 e. The number of amides is 1. The lowest BCUT2D eigenvalue weighted by Gasteiger charge is -2.22. The molecule has 1 aromatic carbocycles. The second-order valence-corrected chi connectivity index (χ2v) is 8.18. The van der Waals surface area contributed by atoms with Gasteiger partial charge in [0.25, 0.3) is 0 Å². The Kier molecular flexibility index (Phi) is 8.85. The second kappa shape index (κ2) is 10.1. The predicted molar refractivity (Wildman–Crippen MR) is 101 cm³/mol. The highest BCUT2D eigenvalue weighted by molar-refractivity contribution is 7.89. The van der Waals surface area contributed by atoms with Gasteiger partial charge in [0.1, 0.15) is 0 Å². The van der Waals surface area contributed by atoms with Crippen LogP contribution in [0.5, 0.6) is 0 Å². The number of halogens is 1. The van der Waals surface area contributed by atoms with E-state index in [9.17, 15) is 13.2 Å². The molecule has 1 amide bonds. The van der Waals surface area contributed by atoms with Gasteiger partial charge in [-0.2, -0.15) is 0 Å². The quantitative estimate of drug-likeness (QED) is 0.665. The highest BCUT2D eigenvalue weighted by Crippen LogP contribution is 2.19. The second-order valence-electron chi connectivity index (χ2n) is 6.30. The number of nitrogens with one attached hydrogen (secondary N) is 3. The maximum atomic E-state index is 12.1. The van der Waals surface area contributed by atoms with Crippen LogP contribution in [0, 0.1) is 5.92 Å². The first-order valence-electron chi connectivity index (χ1n) is 8.46. The summed E-state index contributed by atoms with van der Waals surface area (Å²) >= 11 is 0. The van der Waals surface area contributed by atoms with Crippen molar-refractivity contribution in [3.8, 4) is 0 Å². The summed E-state index contributed by atoms with van der Waals surface area (Å²) in [4.78, 5) is 12.3. The molecule has 0 aliphatic carbocycles. The zero-order valence-corrected chi connectivity index (χ0v) is 16.4. The normalized spacial score (nSPS) is 16.7. The molecule has 142 valence electrons. The summed E-state index contributed by atoms with van der Waals surface area (Å²) in [7, 11) is -2.04. The number of hydrogen-bond donors (Lipinski definition) is 3. The maximum absolute atomic E-state index is 12.1. The van der Waals surface area contributed by atoms with Gasteiger partial charge in [0.05, 0.1) is 10.9 Å². The van der Waals surface area contributed by atoms with E-state index < -0.39 is 10.0 Å². The zero-order chi connectivity index (χ0) is 17.6. The van der Waals surface area contributed by atoms with Crippen LogP contribution in [0.2, 0.25) is 0 Å². The van der Waals surface area contributed by atoms with E-state index in [2.05, 4.69) is 15.4 Å². The van der Waals surface area contributed by atoms with Crippen molar-refractivity contribution in [1.82, 2.24) is 15.4 Å². The molecule has 1 aromatic rings. The minimum atomic E-state index is -3.43. The number of carbonyl (C=O) groups excluding carboxylic acids is 1. The van der Waals surface area contributed by atoms with Gasteiger partial charge in [-0.1, -0.05) is 12.1 Å². The Morgan fingerprint density at radius 1 is 1.24 bits per heavy atom. The summed E-state index contributed by atoms with van der Waals surface area (Å²) in [5, 5.41) is 6.32. The van der Waals surface area contributed by atoms with Gasteiger partial charge in [-0.3, -0.25) is 4.79 Å². The van der Waals surface area contributed by atoms with E-state index >= 15 is 0 Å². The molecular formula is C17H28ClN3O3S. The smallest absolute Gasteiger partial charge is 0.240 e. The highest BCUT2D eigenvalue weighted by atomic mass is 35.5. The average molecular weight is 390 g/mol. The van der Waals surface area contributed by atoms with E-state index in [0.717, 1.165) is 37.9 Å². The molecule has 6 nitrogen and oxygen atoms in total. The lowest BCUT2D eigenvalue weighted by Crippen LogP contribution is -2.30. The fourth-order valence-corrected chi connectivity index (χ4v) is 3.69. The van der Waals surface area contributed by atoms with Crippen LogP contribution in [0.25, 0.3) is 0 Å². The first-order valence-corrected chi connectivity index (χ1v) is 9.94. The molecule has 0 radical (unpaired) electrons. The molecule has 0 spiro atoms. The summed E-state index contributed by atoms with van der Waals surface area (Å²) < 4.78 is 25.7. The van der Waals surface area contributed by atoms with Crippen molar-refractivity contribution in [3.63, 3.8) is 0 Å². The fraction of sp³-hybridized carbons (Fsp3) is 0.588. The number of rotatable bonds is 7. The number of piperidine rings is 1. The Labute approximate surface area is 156 Å². The van der Waals surface area contributed by atoms with E-state index in [4.69, 9.17) is 0 Å². The van der Waals surface area contributed by atoms with Crippen molar-refractivity contribution >= 4 is 28.3 Å². The van der Waals surface area contributed by atoms with Crippen LogP contribution >= 0.6 is 12.4 Å². The van der Waals surface area contributed by atoms with E-state index in [1.165, 1.54) is 7.05 Å². The van der Waals surface area contributed by atoms with Gasteiger partial charge in [-0.25, -0.2) is 13.1 Å². The van der Waals surface area contributed by atoms with Crippen molar-refractivity contribution in [1.29, 1.82) is 0 Å². The van der Waals surface area contributed by atoms with Gasteiger partial charge >= 0.3 is 0 Å². The Morgan fingerprint density at radius 2 is 1.84 bits per heavy atom. The minimum absolute atomic E-state index is 0. The number of carbonyl (C=O) groups is 1. The minimum Gasteiger partial charge on any atom is -0.350 e. The van der Waals surface area contributed by atoms with Gasteiger partial charge in [0.15, 0.2) is 0 Å². The molecule has 1 atom stereocenters. The topological polar surface area (TPSA) is 87.3 Å². The van der Waals surface area contributed by atoms with Crippen molar-refractivity contribution in [2.45, 2.75) is 43.5 Å². The summed E-state index contributed by atoms with van der Waals surface area (Å²) in [6, 6.07) is 6.44. The fourth-order valence-electron chi connectivity index (χ4n) is 2.96. The first kappa shape index (κ1) is 21.9. The van der Waals surface area contributed by atoms with Crippen molar-refractivity contribution < 1.29 is 13.2 Å². The molecule has 0 aromatic heterocycles. The first-order chi connectivity index (χ1) is 11.4. The number of benzene rings is 1. The summed E-state index contributed by atoms with van der Waals surface area (Å²) in [5.41, 5.74) is 0.889. The van der Waals surface area contributed by atoms with Crippen LogP contribution in [0.15, 0.2) is 29.2 Å². The van der Waals surface area contributed by atoms with E-state index in [1.54, 1.807) is 24.3 Å². The standard InChI is InChI=1S/C17H27N3O3S.ClH/c1-13(15-4-6-16(7-5-15)24(22,23)18-2)20-17(21)8-3-14-9-11-19-12-10-14;/h4-7,13-14,18-19H,3,8-12H2,1-2H3,(H,20,21);1H. The van der Waals surface area contributed by atoms with Gasteiger partial charge in [0, 0.05) is 6.42 Å². The largest absolute Gasteiger partial charge is 0.350 e. The van der Waals surface area contributed by atoms with Crippen molar-refractivity contribution in [3.05, 3.63) is 29.8 Å². The van der Waals surface area contributed by atoms with Gasteiger partial charge in [-0.15, -0.1) is 12.4 Å². The van der Waals surface area contributed by atoms with Crippen LogP contribution in [-0.4, -0.2) is 34.5 Å². The lowest BCUT2D eigenvalue weighted by atomic mass is 9.93. The molecule has 1 aliphatic rings. The average Bonchev–Trinajstić information content (AvgIpc) is 2.61. The highest BCUT2D eigenvalue weighted by Gasteiger charge is 2.16. The third-order valence-electron chi connectivity index (χ3n) is 4.57.